The quantitative estimate of drug-likeness (QED) is 0.732. The molecule has 0 spiro atoms. The number of carbonyl (C=O) groups excluding carboxylic acids is 3. The van der Waals surface area contributed by atoms with Crippen LogP contribution in [0.5, 0.6) is 0 Å². The predicted molar refractivity (Wildman–Crippen MR) is 93.1 cm³/mol. The van der Waals surface area contributed by atoms with E-state index in [0.29, 0.717) is 10.6 Å². The van der Waals surface area contributed by atoms with Gasteiger partial charge in [0, 0.05) is 19.0 Å². The Bertz CT molecular complexity index is 730. The van der Waals surface area contributed by atoms with E-state index in [2.05, 4.69) is 15.0 Å². The van der Waals surface area contributed by atoms with Gasteiger partial charge in [-0.2, -0.15) is 13.2 Å². The number of anilines is 1. The van der Waals surface area contributed by atoms with Gasteiger partial charge in [-0.3, -0.25) is 4.79 Å². The molecular formula is C16H20F3N3O5S. The summed E-state index contributed by atoms with van der Waals surface area (Å²) in [4.78, 5) is 41.4. The summed E-state index contributed by atoms with van der Waals surface area (Å²) in [7, 11) is 0. The highest BCUT2D eigenvalue weighted by atomic mass is 32.1. The Kier molecular flexibility index (Phi) is 7.22. The molecule has 2 amide bonds. The van der Waals surface area contributed by atoms with Crippen molar-refractivity contribution in [2.75, 3.05) is 31.6 Å². The van der Waals surface area contributed by atoms with Crippen LogP contribution in [0, 0.1) is 12.8 Å². The van der Waals surface area contributed by atoms with Crippen molar-refractivity contribution in [3.05, 3.63) is 10.6 Å². The number of aromatic nitrogens is 1. The molecule has 28 heavy (non-hydrogen) atoms. The maximum absolute atomic E-state index is 12.4. The van der Waals surface area contributed by atoms with Crippen molar-refractivity contribution in [3.63, 3.8) is 0 Å². The van der Waals surface area contributed by atoms with Gasteiger partial charge in [-0.25, -0.2) is 14.6 Å². The number of esters is 1. The number of nitrogens with one attached hydrogen (secondary N) is 1. The lowest BCUT2D eigenvalue weighted by Crippen LogP contribution is -2.42. The van der Waals surface area contributed by atoms with E-state index in [-0.39, 0.29) is 43.6 Å². The number of thiazole rings is 1. The molecule has 156 valence electrons. The Hall–Kier alpha value is -2.37. The lowest BCUT2D eigenvalue weighted by Gasteiger charge is -2.30. The zero-order valence-corrected chi connectivity index (χ0v) is 16.1. The molecule has 2 heterocycles. The molecule has 1 aromatic heterocycles. The number of rotatable bonds is 5. The molecule has 1 aliphatic heterocycles. The van der Waals surface area contributed by atoms with Gasteiger partial charge >= 0.3 is 18.2 Å². The maximum atomic E-state index is 12.4. The van der Waals surface area contributed by atoms with E-state index in [1.807, 2.05) is 0 Å². The summed E-state index contributed by atoms with van der Waals surface area (Å²) < 4.78 is 45.4. The number of halogens is 3. The fourth-order valence-electron chi connectivity index (χ4n) is 2.60. The number of ether oxygens (including phenoxy) is 2. The smallest absolute Gasteiger partial charge is 0.422 e. The van der Waals surface area contributed by atoms with Crippen molar-refractivity contribution < 1.29 is 37.0 Å². The number of hydrogen-bond acceptors (Lipinski definition) is 7. The Morgan fingerprint density at radius 3 is 2.46 bits per heavy atom. The van der Waals surface area contributed by atoms with Crippen molar-refractivity contribution in [3.8, 4) is 0 Å². The average Bonchev–Trinajstić information content (AvgIpc) is 2.99. The van der Waals surface area contributed by atoms with Crippen LogP contribution in [0.15, 0.2) is 0 Å². The third-order valence-corrected chi connectivity index (χ3v) is 5.02. The van der Waals surface area contributed by atoms with Crippen molar-refractivity contribution in [1.82, 2.24) is 9.88 Å². The van der Waals surface area contributed by atoms with Gasteiger partial charge in [0.25, 0.3) is 0 Å². The van der Waals surface area contributed by atoms with Crippen LogP contribution < -0.4 is 5.32 Å². The highest BCUT2D eigenvalue weighted by Crippen LogP contribution is 2.26. The zero-order chi connectivity index (χ0) is 20.9. The molecule has 0 saturated carbocycles. The van der Waals surface area contributed by atoms with Crippen LogP contribution >= 0.6 is 11.3 Å². The molecule has 1 fully saturated rings. The number of likely N-dealkylation sites (tertiary alicyclic amines) is 1. The van der Waals surface area contributed by atoms with Crippen molar-refractivity contribution in [2.45, 2.75) is 32.9 Å². The largest absolute Gasteiger partial charge is 0.462 e. The summed E-state index contributed by atoms with van der Waals surface area (Å²) in [5.74, 6) is -1.27. The maximum Gasteiger partial charge on any atom is 0.422 e. The third-order valence-electron chi connectivity index (χ3n) is 3.97. The first kappa shape index (κ1) is 21.9. The molecule has 8 nitrogen and oxygen atoms in total. The first-order valence-electron chi connectivity index (χ1n) is 8.54. The summed E-state index contributed by atoms with van der Waals surface area (Å²) in [6.45, 7) is 2.12. The lowest BCUT2D eigenvalue weighted by molar-refractivity contribution is -0.162. The highest BCUT2D eigenvalue weighted by molar-refractivity contribution is 7.17. The fourth-order valence-corrected chi connectivity index (χ4v) is 3.47. The molecule has 2 rings (SSSR count). The topological polar surface area (TPSA) is 97.8 Å². The van der Waals surface area contributed by atoms with Gasteiger partial charge in [0.2, 0.25) is 5.91 Å². The molecule has 0 radical (unpaired) electrons. The van der Waals surface area contributed by atoms with E-state index in [9.17, 15) is 27.6 Å². The minimum absolute atomic E-state index is 0.111. The monoisotopic (exact) mass is 423 g/mol. The summed E-state index contributed by atoms with van der Waals surface area (Å²) in [5, 5.41) is 2.90. The first-order valence-corrected chi connectivity index (χ1v) is 9.36. The summed E-state index contributed by atoms with van der Waals surface area (Å²) >= 11 is 1.01. The number of amides is 2. The first-order chi connectivity index (χ1) is 13.1. The molecule has 1 aromatic rings. The minimum atomic E-state index is -4.58. The number of aryl methyl sites for hydroxylation is 1. The molecule has 0 aliphatic carbocycles. The van der Waals surface area contributed by atoms with Crippen molar-refractivity contribution in [2.24, 2.45) is 5.92 Å². The Balaban J connectivity index is 1.85. The second-order valence-corrected chi connectivity index (χ2v) is 7.07. The number of nitrogens with zero attached hydrogens (tertiary/aromatic N) is 2. The summed E-state index contributed by atoms with van der Waals surface area (Å²) in [5.41, 5.74) is 0.445. The SMILES string of the molecule is CCOC(=O)c1sc(NC(=O)C2CCN(C(=O)OCC(F)(F)F)CC2)nc1C. The third kappa shape index (κ3) is 6.08. The van der Waals surface area contributed by atoms with Crippen LogP contribution in [0.25, 0.3) is 0 Å². The van der Waals surface area contributed by atoms with E-state index >= 15 is 0 Å². The molecule has 0 unspecified atom stereocenters. The number of hydrogen-bond donors (Lipinski definition) is 1. The molecule has 1 aliphatic rings. The van der Waals surface area contributed by atoms with Gasteiger partial charge in [-0.05, 0) is 26.7 Å². The summed E-state index contributed by atoms with van der Waals surface area (Å²) in [6, 6.07) is 0. The number of piperidine rings is 1. The van der Waals surface area contributed by atoms with E-state index in [1.165, 1.54) is 0 Å². The van der Waals surface area contributed by atoms with Crippen LogP contribution in [0.3, 0.4) is 0 Å². The van der Waals surface area contributed by atoms with Crippen molar-refractivity contribution in [1.29, 1.82) is 0 Å². The molecular weight excluding hydrogens is 403 g/mol. The number of alkyl halides is 3. The van der Waals surface area contributed by atoms with Gasteiger partial charge in [0.05, 0.1) is 12.3 Å². The highest BCUT2D eigenvalue weighted by Gasteiger charge is 2.33. The van der Waals surface area contributed by atoms with Crippen molar-refractivity contribution >= 4 is 34.4 Å². The summed E-state index contributed by atoms with van der Waals surface area (Å²) in [6.07, 6.45) is -5.07. The standard InChI is InChI=1S/C16H20F3N3O5S/c1-3-26-13(24)11-9(2)20-14(28-11)21-12(23)10-4-6-22(7-5-10)15(25)27-8-16(17,18)19/h10H,3-8H2,1-2H3,(H,20,21,23). The normalized spacial score (nSPS) is 15.2. The van der Waals surface area contributed by atoms with Crippen LogP contribution in [0.1, 0.15) is 35.1 Å². The molecule has 1 N–H and O–H groups in total. The van der Waals surface area contributed by atoms with Gasteiger partial charge in [0.15, 0.2) is 11.7 Å². The van der Waals surface area contributed by atoms with Gasteiger partial charge in [0.1, 0.15) is 4.88 Å². The molecule has 1 saturated heterocycles. The van der Waals surface area contributed by atoms with Crippen LogP contribution in [-0.4, -0.2) is 60.3 Å². The molecule has 0 atom stereocenters. The predicted octanol–water partition coefficient (Wildman–Crippen LogP) is 2.98. The fraction of sp³-hybridized carbons (Fsp3) is 0.625. The lowest BCUT2D eigenvalue weighted by atomic mass is 9.96. The Morgan fingerprint density at radius 2 is 1.89 bits per heavy atom. The van der Waals surface area contributed by atoms with E-state index in [1.54, 1.807) is 13.8 Å². The second kappa shape index (κ2) is 9.22. The van der Waals surface area contributed by atoms with Crippen LogP contribution in [0.2, 0.25) is 0 Å². The Morgan fingerprint density at radius 1 is 1.25 bits per heavy atom. The van der Waals surface area contributed by atoms with E-state index < -0.39 is 30.8 Å². The minimum Gasteiger partial charge on any atom is -0.462 e. The van der Waals surface area contributed by atoms with Gasteiger partial charge < -0.3 is 19.7 Å². The van der Waals surface area contributed by atoms with Gasteiger partial charge in [-0.15, -0.1) is 0 Å². The van der Waals surface area contributed by atoms with E-state index in [0.717, 1.165) is 16.2 Å². The van der Waals surface area contributed by atoms with Gasteiger partial charge in [-0.1, -0.05) is 11.3 Å². The van der Waals surface area contributed by atoms with Crippen LogP contribution in [-0.2, 0) is 14.3 Å². The number of carbonyl (C=O) groups is 3. The van der Waals surface area contributed by atoms with Crippen LogP contribution in [0.4, 0.5) is 23.1 Å². The molecule has 0 bridgehead atoms. The Labute approximate surface area is 163 Å². The second-order valence-electron chi connectivity index (χ2n) is 6.07. The zero-order valence-electron chi connectivity index (χ0n) is 15.3. The van der Waals surface area contributed by atoms with E-state index in [4.69, 9.17) is 4.74 Å². The average molecular weight is 423 g/mol. The molecule has 12 heteroatoms. The molecule has 0 aromatic carbocycles.